The zero-order valence-corrected chi connectivity index (χ0v) is 18.9. The quantitative estimate of drug-likeness (QED) is 0.445. The van der Waals surface area contributed by atoms with Gasteiger partial charge in [0.15, 0.2) is 0 Å². The first-order valence-electron chi connectivity index (χ1n) is 11.2. The third-order valence-corrected chi connectivity index (χ3v) is 6.73. The monoisotopic (exact) mass is 430 g/mol. The minimum Gasteiger partial charge on any atom is -0.496 e. The fraction of sp³-hybridized carbons (Fsp3) is 0.625. The number of likely N-dealkylation sites (tertiary alicyclic amines) is 1. The van der Waals surface area contributed by atoms with Crippen LogP contribution in [-0.4, -0.2) is 68.0 Å². The lowest BCUT2D eigenvalue weighted by atomic mass is 9.75. The molecule has 1 heterocycles. The number of carbonyl (C=O) groups is 3. The van der Waals surface area contributed by atoms with Gasteiger partial charge in [0, 0.05) is 51.8 Å². The van der Waals surface area contributed by atoms with Gasteiger partial charge >= 0.3 is 0 Å². The number of methoxy groups -OCH3 is 2. The van der Waals surface area contributed by atoms with Crippen LogP contribution in [0, 0.1) is 0 Å². The second-order valence-corrected chi connectivity index (χ2v) is 8.63. The standard InChI is InChI=1S/C24H34N2O5/c1-25(18-10-5-4-6-11-18)21(27)16-24(19-12-7-8-13-20(19)31-3)17-22(28)26(23(24)29)14-9-15-30-2/h7-8,12-13,18H,4-6,9-11,14-17H2,1-3H3. The Hall–Kier alpha value is -2.41. The highest BCUT2D eigenvalue weighted by Gasteiger charge is 2.55. The third kappa shape index (κ3) is 4.76. The number of imide groups is 1. The Labute approximate surface area is 184 Å². The molecule has 7 heteroatoms. The summed E-state index contributed by atoms with van der Waals surface area (Å²) in [6.07, 6.45) is 5.91. The van der Waals surface area contributed by atoms with Crippen molar-refractivity contribution in [2.24, 2.45) is 0 Å². The van der Waals surface area contributed by atoms with E-state index in [2.05, 4.69) is 0 Å². The summed E-state index contributed by atoms with van der Waals surface area (Å²) < 4.78 is 10.6. The van der Waals surface area contributed by atoms with Crippen LogP contribution >= 0.6 is 0 Å². The molecule has 3 rings (SSSR count). The summed E-state index contributed by atoms with van der Waals surface area (Å²) in [6.45, 7) is 0.747. The first kappa shape index (κ1) is 23.3. The van der Waals surface area contributed by atoms with Crippen LogP contribution in [0.3, 0.4) is 0 Å². The molecule has 1 saturated heterocycles. The number of hydrogen-bond donors (Lipinski definition) is 0. The molecule has 1 aromatic rings. The van der Waals surface area contributed by atoms with Crippen LogP contribution in [0.4, 0.5) is 0 Å². The summed E-state index contributed by atoms with van der Waals surface area (Å²) in [5.74, 6) is -0.142. The van der Waals surface area contributed by atoms with Gasteiger partial charge in [0.05, 0.1) is 12.5 Å². The lowest BCUT2D eigenvalue weighted by Crippen LogP contribution is -2.45. The molecule has 0 N–H and O–H groups in total. The van der Waals surface area contributed by atoms with Crippen LogP contribution in [0.25, 0.3) is 0 Å². The van der Waals surface area contributed by atoms with Gasteiger partial charge < -0.3 is 14.4 Å². The Morgan fingerprint density at radius 2 is 1.87 bits per heavy atom. The number of amides is 3. The van der Waals surface area contributed by atoms with Crippen LogP contribution in [0.15, 0.2) is 24.3 Å². The molecule has 1 unspecified atom stereocenters. The van der Waals surface area contributed by atoms with Gasteiger partial charge in [-0.2, -0.15) is 0 Å². The normalized spacial score (nSPS) is 22.1. The number of ether oxygens (including phenoxy) is 2. The molecule has 31 heavy (non-hydrogen) atoms. The predicted molar refractivity (Wildman–Crippen MR) is 117 cm³/mol. The van der Waals surface area contributed by atoms with E-state index in [4.69, 9.17) is 9.47 Å². The van der Waals surface area contributed by atoms with Crippen LogP contribution < -0.4 is 4.74 Å². The Bertz CT molecular complexity index is 805. The molecule has 3 amide bonds. The molecule has 2 fully saturated rings. The van der Waals surface area contributed by atoms with Crippen LogP contribution in [-0.2, 0) is 24.5 Å². The Morgan fingerprint density at radius 1 is 1.16 bits per heavy atom. The van der Waals surface area contributed by atoms with E-state index < -0.39 is 5.41 Å². The van der Waals surface area contributed by atoms with Crippen LogP contribution in [0.5, 0.6) is 5.75 Å². The first-order valence-corrected chi connectivity index (χ1v) is 11.2. The maximum Gasteiger partial charge on any atom is 0.241 e. The molecule has 1 aliphatic heterocycles. The van der Waals surface area contributed by atoms with E-state index in [1.807, 2.05) is 19.2 Å². The summed E-state index contributed by atoms with van der Waals surface area (Å²) in [4.78, 5) is 43.1. The Morgan fingerprint density at radius 3 is 2.55 bits per heavy atom. The molecule has 2 aliphatic rings. The average molecular weight is 431 g/mol. The third-order valence-electron chi connectivity index (χ3n) is 6.73. The minimum absolute atomic E-state index is 0.0244. The molecule has 0 bridgehead atoms. The van der Waals surface area contributed by atoms with E-state index >= 15 is 0 Å². The van der Waals surface area contributed by atoms with E-state index in [0.29, 0.717) is 24.3 Å². The van der Waals surface area contributed by atoms with Crippen molar-refractivity contribution >= 4 is 17.7 Å². The highest BCUT2D eigenvalue weighted by Crippen LogP contribution is 2.44. The highest BCUT2D eigenvalue weighted by atomic mass is 16.5. The van der Waals surface area contributed by atoms with E-state index in [1.165, 1.54) is 11.3 Å². The van der Waals surface area contributed by atoms with Gasteiger partial charge in [-0.1, -0.05) is 37.5 Å². The van der Waals surface area contributed by atoms with Gasteiger partial charge in [-0.15, -0.1) is 0 Å². The Balaban J connectivity index is 1.93. The number of benzene rings is 1. The van der Waals surface area contributed by atoms with Crippen molar-refractivity contribution < 1.29 is 23.9 Å². The topological polar surface area (TPSA) is 76.2 Å². The maximum atomic E-state index is 13.7. The van der Waals surface area contributed by atoms with Crippen molar-refractivity contribution in [3.05, 3.63) is 29.8 Å². The lowest BCUT2D eigenvalue weighted by Gasteiger charge is -2.35. The number of hydrogen-bond acceptors (Lipinski definition) is 5. The molecule has 170 valence electrons. The van der Waals surface area contributed by atoms with Crippen molar-refractivity contribution in [3.63, 3.8) is 0 Å². The van der Waals surface area contributed by atoms with E-state index in [-0.39, 0.29) is 43.1 Å². The minimum atomic E-state index is -1.24. The van der Waals surface area contributed by atoms with Gasteiger partial charge in [0.2, 0.25) is 17.7 Å². The number of rotatable bonds is 9. The number of nitrogens with zero attached hydrogens (tertiary/aromatic N) is 2. The van der Waals surface area contributed by atoms with E-state index in [1.54, 1.807) is 31.3 Å². The summed E-state index contributed by atoms with van der Waals surface area (Å²) in [5.41, 5.74) is -0.632. The van der Waals surface area contributed by atoms with Gasteiger partial charge in [0.1, 0.15) is 5.75 Å². The summed E-state index contributed by atoms with van der Waals surface area (Å²) >= 11 is 0. The number of carbonyl (C=O) groups excluding carboxylic acids is 3. The molecule has 0 radical (unpaired) electrons. The SMILES string of the molecule is COCCCN1C(=O)CC(CC(=O)N(C)C2CCCCC2)(c2ccccc2OC)C1=O. The molecule has 1 atom stereocenters. The van der Waals surface area contributed by atoms with E-state index in [9.17, 15) is 14.4 Å². The van der Waals surface area contributed by atoms with Crippen molar-refractivity contribution in [1.82, 2.24) is 9.80 Å². The smallest absolute Gasteiger partial charge is 0.241 e. The first-order chi connectivity index (χ1) is 14.9. The largest absolute Gasteiger partial charge is 0.496 e. The summed E-state index contributed by atoms with van der Waals surface area (Å²) in [7, 11) is 4.96. The van der Waals surface area contributed by atoms with Gasteiger partial charge in [-0.05, 0) is 25.3 Å². The average Bonchev–Trinajstić information content (AvgIpc) is 3.03. The van der Waals surface area contributed by atoms with Crippen LogP contribution in [0.1, 0.15) is 56.9 Å². The second kappa shape index (κ2) is 10.3. The Kier molecular flexibility index (Phi) is 7.70. The van der Waals surface area contributed by atoms with Crippen molar-refractivity contribution in [3.8, 4) is 5.75 Å². The fourth-order valence-corrected chi connectivity index (χ4v) is 4.93. The molecule has 1 aliphatic carbocycles. The summed E-state index contributed by atoms with van der Waals surface area (Å²) in [5, 5.41) is 0. The lowest BCUT2D eigenvalue weighted by molar-refractivity contribution is -0.143. The predicted octanol–water partition coefficient (Wildman–Crippen LogP) is 2.91. The number of para-hydroxylation sites is 1. The van der Waals surface area contributed by atoms with Gasteiger partial charge in [0.25, 0.3) is 0 Å². The molecule has 1 aromatic carbocycles. The fourth-order valence-electron chi connectivity index (χ4n) is 4.93. The maximum absolute atomic E-state index is 13.7. The molecule has 7 nitrogen and oxygen atoms in total. The molecular weight excluding hydrogens is 396 g/mol. The highest BCUT2D eigenvalue weighted by molar-refractivity contribution is 6.11. The molecule has 1 saturated carbocycles. The zero-order chi connectivity index (χ0) is 22.4. The van der Waals surface area contributed by atoms with Crippen molar-refractivity contribution in [2.45, 2.75) is 62.8 Å². The molecular formula is C24H34N2O5. The van der Waals surface area contributed by atoms with Crippen molar-refractivity contribution in [1.29, 1.82) is 0 Å². The second-order valence-electron chi connectivity index (χ2n) is 8.63. The van der Waals surface area contributed by atoms with Crippen molar-refractivity contribution in [2.75, 3.05) is 34.4 Å². The van der Waals surface area contributed by atoms with Gasteiger partial charge in [-0.3, -0.25) is 19.3 Å². The molecule has 0 aromatic heterocycles. The van der Waals surface area contributed by atoms with E-state index in [0.717, 1.165) is 25.7 Å². The summed E-state index contributed by atoms with van der Waals surface area (Å²) in [6, 6.07) is 7.42. The zero-order valence-electron chi connectivity index (χ0n) is 18.9. The van der Waals surface area contributed by atoms with Crippen LogP contribution in [0.2, 0.25) is 0 Å². The van der Waals surface area contributed by atoms with Gasteiger partial charge in [-0.25, -0.2) is 0 Å². The molecule has 0 spiro atoms.